The summed E-state index contributed by atoms with van der Waals surface area (Å²) in [5.41, 5.74) is 2.62. The van der Waals surface area contributed by atoms with E-state index in [0.717, 1.165) is 17.7 Å². The highest BCUT2D eigenvalue weighted by Gasteiger charge is 2.33. The van der Waals surface area contributed by atoms with Crippen LogP contribution in [0.15, 0.2) is 53.6 Å². The van der Waals surface area contributed by atoms with Crippen LogP contribution in [0.1, 0.15) is 37.6 Å². The van der Waals surface area contributed by atoms with Crippen LogP contribution in [0, 0.1) is 0 Å². The van der Waals surface area contributed by atoms with E-state index in [9.17, 15) is 13.2 Å². The minimum absolute atomic E-state index is 0.175. The molecule has 0 amide bonds. The molecule has 0 radical (unpaired) electrons. The van der Waals surface area contributed by atoms with Crippen LogP contribution in [0.5, 0.6) is 5.75 Å². The lowest BCUT2D eigenvalue weighted by atomic mass is 10.2. The van der Waals surface area contributed by atoms with Gasteiger partial charge in [-0.1, -0.05) is 23.7 Å². The quantitative estimate of drug-likeness (QED) is 0.483. The summed E-state index contributed by atoms with van der Waals surface area (Å²) in [7, 11) is -3.35. The van der Waals surface area contributed by atoms with Gasteiger partial charge in [0.1, 0.15) is 11.8 Å². The van der Waals surface area contributed by atoms with Gasteiger partial charge in [-0.25, -0.2) is 8.42 Å². The number of aromatic nitrogens is 3. The average Bonchev–Trinajstić information content (AvgIpc) is 3.28. The van der Waals surface area contributed by atoms with E-state index in [4.69, 9.17) is 16.3 Å². The molecule has 1 atom stereocenters. The molecule has 2 aromatic heterocycles. The molecular weight excluding hydrogens is 502 g/mol. The Hall–Kier alpha value is -2.95. The summed E-state index contributed by atoms with van der Waals surface area (Å²) >= 11 is 6.16. The predicted octanol–water partition coefficient (Wildman–Crippen LogP) is 3.21. The minimum Gasteiger partial charge on any atom is -0.476 e. The van der Waals surface area contributed by atoms with Crippen LogP contribution in [0.25, 0.3) is 5.69 Å². The Kier molecular flexibility index (Phi) is 6.76. The van der Waals surface area contributed by atoms with Gasteiger partial charge in [-0.3, -0.25) is 9.78 Å². The first-order valence-corrected chi connectivity index (χ1v) is 13.9. The summed E-state index contributed by atoms with van der Waals surface area (Å²) in [6.45, 7) is 4.85. The fraction of sp³-hybridized carbons (Fsp3) is 0.400. The van der Waals surface area contributed by atoms with E-state index in [1.54, 1.807) is 50.5 Å². The second-order valence-electron chi connectivity index (χ2n) is 9.23. The molecule has 1 aromatic carbocycles. The monoisotopic (exact) mass is 529 g/mol. The second kappa shape index (κ2) is 9.84. The summed E-state index contributed by atoms with van der Waals surface area (Å²) in [6.07, 6.45) is 4.52. The maximum absolute atomic E-state index is 13.7. The molecule has 0 N–H and O–H groups in total. The maximum Gasteiger partial charge on any atom is 0.316 e. The van der Waals surface area contributed by atoms with Gasteiger partial charge in [0.05, 0.1) is 22.8 Å². The summed E-state index contributed by atoms with van der Waals surface area (Å²) in [5.74, 6) is 0.175. The number of hydrogen-bond donors (Lipinski definition) is 0. The molecule has 1 unspecified atom stereocenters. The molecule has 1 aliphatic carbocycles. The molecule has 0 saturated carbocycles. The average molecular weight is 530 g/mol. The number of anilines is 1. The number of fused-ring (bicyclic) bond motifs is 1. The largest absolute Gasteiger partial charge is 0.476 e. The number of rotatable bonds is 6. The molecule has 36 heavy (non-hydrogen) atoms. The zero-order valence-electron chi connectivity index (χ0n) is 20.2. The zero-order valence-corrected chi connectivity index (χ0v) is 21.7. The van der Waals surface area contributed by atoms with Crippen molar-refractivity contribution in [3.63, 3.8) is 0 Å². The fourth-order valence-electron chi connectivity index (χ4n) is 4.67. The standard InChI is InChI=1S/C25H28ClN5O4S/c1-17(2)36(33,34)30-13-11-29(12-14-30)21-16-28-31(20-7-3-6-19(26)15-20)25(32)24(21)35-22-9-8-18-5-4-10-27-23(18)22/h3-7,10,15-17,22H,8-9,11-14H2,1-2H3. The molecule has 9 nitrogen and oxygen atoms in total. The summed E-state index contributed by atoms with van der Waals surface area (Å²) < 4.78 is 34.4. The van der Waals surface area contributed by atoms with E-state index in [1.807, 2.05) is 17.0 Å². The van der Waals surface area contributed by atoms with Crippen LogP contribution in [-0.4, -0.2) is 58.9 Å². The van der Waals surface area contributed by atoms with Crippen molar-refractivity contribution in [3.8, 4) is 11.4 Å². The lowest BCUT2D eigenvalue weighted by molar-refractivity contribution is 0.199. The molecule has 3 aromatic rings. The van der Waals surface area contributed by atoms with Gasteiger partial charge in [-0.05, 0) is 56.5 Å². The molecular formula is C25H28ClN5O4S. The van der Waals surface area contributed by atoms with Crippen molar-refractivity contribution in [2.24, 2.45) is 0 Å². The second-order valence-corrected chi connectivity index (χ2v) is 12.2. The van der Waals surface area contributed by atoms with Crippen LogP contribution >= 0.6 is 11.6 Å². The van der Waals surface area contributed by atoms with Gasteiger partial charge in [-0.2, -0.15) is 14.1 Å². The predicted molar refractivity (Wildman–Crippen MR) is 139 cm³/mol. The van der Waals surface area contributed by atoms with Crippen molar-refractivity contribution in [3.05, 3.63) is 75.4 Å². The van der Waals surface area contributed by atoms with Gasteiger partial charge >= 0.3 is 5.56 Å². The molecule has 2 aliphatic rings. The van der Waals surface area contributed by atoms with Crippen LogP contribution in [0.4, 0.5) is 5.69 Å². The third-order valence-corrected chi connectivity index (χ3v) is 9.18. The van der Waals surface area contributed by atoms with E-state index in [0.29, 0.717) is 49.0 Å². The van der Waals surface area contributed by atoms with Crippen LogP contribution in [-0.2, 0) is 16.4 Å². The highest BCUT2D eigenvalue weighted by molar-refractivity contribution is 7.89. The normalized spacial score (nSPS) is 18.4. The highest BCUT2D eigenvalue weighted by Crippen LogP contribution is 2.36. The first-order chi connectivity index (χ1) is 17.3. The van der Waals surface area contributed by atoms with Crippen molar-refractivity contribution in [1.82, 2.24) is 19.1 Å². The third-order valence-electron chi connectivity index (χ3n) is 6.67. The molecule has 1 fully saturated rings. The number of aryl methyl sites for hydroxylation is 1. The van der Waals surface area contributed by atoms with Crippen molar-refractivity contribution in [1.29, 1.82) is 0 Å². The van der Waals surface area contributed by atoms with Crippen molar-refractivity contribution < 1.29 is 13.2 Å². The molecule has 11 heteroatoms. The Labute approximate surface area is 215 Å². The summed E-state index contributed by atoms with van der Waals surface area (Å²) in [5, 5.41) is 4.42. The zero-order chi connectivity index (χ0) is 25.4. The lowest BCUT2D eigenvalue weighted by Crippen LogP contribution is -2.50. The van der Waals surface area contributed by atoms with E-state index in [2.05, 4.69) is 10.1 Å². The number of piperazine rings is 1. The van der Waals surface area contributed by atoms with E-state index in [-0.39, 0.29) is 11.9 Å². The van der Waals surface area contributed by atoms with Crippen molar-refractivity contribution in [2.45, 2.75) is 38.0 Å². The molecule has 1 saturated heterocycles. The first-order valence-electron chi connectivity index (χ1n) is 12.0. The lowest BCUT2D eigenvalue weighted by Gasteiger charge is -2.36. The van der Waals surface area contributed by atoms with Gasteiger partial charge in [0, 0.05) is 37.4 Å². The number of pyridine rings is 1. The van der Waals surface area contributed by atoms with Gasteiger partial charge in [-0.15, -0.1) is 0 Å². The van der Waals surface area contributed by atoms with Gasteiger partial charge < -0.3 is 9.64 Å². The Morgan fingerprint density at radius 2 is 1.89 bits per heavy atom. The first kappa shape index (κ1) is 24.7. The maximum atomic E-state index is 13.7. The van der Waals surface area contributed by atoms with Gasteiger partial charge in [0.25, 0.3) is 0 Å². The van der Waals surface area contributed by atoms with E-state index >= 15 is 0 Å². The fourth-order valence-corrected chi connectivity index (χ4v) is 6.12. The number of nitrogens with zero attached hydrogens (tertiary/aromatic N) is 5. The number of halogens is 1. The highest BCUT2D eigenvalue weighted by atomic mass is 35.5. The Bertz CT molecular complexity index is 1430. The molecule has 3 heterocycles. The molecule has 1 aliphatic heterocycles. The number of ether oxygens (including phenoxy) is 1. The van der Waals surface area contributed by atoms with Crippen molar-refractivity contribution >= 4 is 27.3 Å². The number of hydrogen-bond acceptors (Lipinski definition) is 7. The van der Waals surface area contributed by atoms with Gasteiger partial charge in [0.15, 0.2) is 0 Å². The van der Waals surface area contributed by atoms with Crippen molar-refractivity contribution in [2.75, 3.05) is 31.1 Å². The Balaban J connectivity index is 1.51. The summed E-state index contributed by atoms with van der Waals surface area (Å²) in [4.78, 5) is 20.2. The molecule has 0 spiro atoms. The van der Waals surface area contributed by atoms with Crippen LogP contribution < -0.4 is 15.2 Å². The van der Waals surface area contributed by atoms with Crippen LogP contribution in [0.3, 0.4) is 0 Å². The number of benzene rings is 1. The third kappa shape index (κ3) is 4.60. The smallest absolute Gasteiger partial charge is 0.316 e. The Morgan fingerprint density at radius 3 is 2.61 bits per heavy atom. The Morgan fingerprint density at radius 1 is 1.11 bits per heavy atom. The molecule has 190 valence electrons. The van der Waals surface area contributed by atoms with Gasteiger partial charge in [0.2, 0.25) is 15.8 Å². The summed E-state index contributed by atoms with van der Waals surface area (Å²) in [6, 6.07) is 10.8. The topological polar surface area (TPSA) is 97.6 Å². The van der Waals surface area contributed by atoms with E-state index < -0.39 is 20.8 Å². The number of sulfonamides is 1. The van der Waals surface area contributed by atoms with E-state index in [1.165, 1.54) is 8.99 Å². The van der Waals surface area contributed by atoms with Crippen LogP contribution in [0.2, 0.25) is 5.02 Å². The molecule has 0 bridgehead atoms. The SMILES string of the molecule is CC(C)S(=O)(=O)N1CCN(c2cnn(-c3cccc(Cl)c3)c(=O)c2OC2CCc3cccnc32)CC1. The minimum atomic E-state index is -3.35. The molecule has 5 rings (SSSR count).